The van der Waals surface area contributed by atoms with Gasteiger partial charge in [0.05, 0.1) is 6.04 Å². The number of likely N-dealkylation sites (tertiary alicyclic amines) is 1. The maximum atomic E-state index is 12.7. The Balaban J connectivity index is 1.73. The van der Waals surface area contributed by atoms with Crippen LogP contribution in [0.2, 0.25) is 0 Å². The van der Waals surface area contributed by atoms with Gasteiger partial charge in [0.25, 0.3) is 0 Å². The van der Waals surface area contributed by atoms with Gasteiger partial charge in [-0.1, -0.05) is 33.1 Å². The molecule has 2 amide bonds. The van der Waals surface area contributed by atoms with Crippen molar-refractivity contribution in [3.8, 4) is 0 Å². The molecule has 2 heterocycles. The van der Waals surface area contributed by atoms with Crippen LogP contribution in [0, 0.1) is 11.8 Å². The number of unbranched alkanes of at least 4 members (excludes halogenated alkanes) is 1. The molecule has 2 aliphatic heterocycles. The van der Waals surface area contributed by atoms with Crippen LogP contribution < -0.4 is 10.6 Å². The van der Waals surface area contributed by atoms with Crippen LogP contribution in [0.4, 0.5) is 0 Å². The minimum absolute atomic E-state index is 0.00907. The summed E-state index contributed by atoms with van der Waals surface area (Å²) in [6.45, 7) is 7.74. The van der Waals surface area contributed by atoms with Gasteiger partial charge in [-0.3, -0.25) is 9.59 Å². The van der Waals surface area contributed by atoms with Crippen LogP contribution in [0.25, 0.3) is 0 Å². The number of piperidine rings is 1. The zero-order valence-electron chi connectivity index (χ0n) is 16.2. The Morgan fingerprint density at radius 2 is 2.08 bits per heavy atom. The van der Waals surface area contributed by atoms with Gasteiger partial charge in [-0.05, 0) is 50.5 Å². The Bertz CT molecular complexity index is 421. The molecule has 5 heteroatoms. The van der Waals surface area contributed by atoms with Crippen molar-refractivity contribution in [2.75, 3.05) is 26.2 Å². The molecule has 2 rings (SSSR count). The van der Waals surface area contributed by atoms with Crippen LogP contribution in [0.1, 0.15) is 71.6 Å². The highest BCUT2D eigenvalue weighted by molar-refractivity contribution is 5.82. The van der Waals surface area contributed by atoms with E-state index in [1.165, 1.54) is 19.3 Å². The van der Waals surface area contributed by atoms with Crippen molar-refractivity contribution < 1.29 is 9.59 Å². The Morgan fingerprint density at radius 1 is 1.24 bits per heavy atom. The average Bonchev–Trinajstić information content (AvgIpc) is 3.18. The molecule has 0 saturated carbocycles. The second-order valence-corrected chi connectivity index (χ2v) is 7.86. The van der Waals surface area contributed by atoms with E-state index in [4.69, 9.17) is 0 Å². The average molecular weight is 352 g/mol. The van der Waals surface area contributed by atoms with E-state index in [0.717, 1.165) is 51.7 Å². The summed E-state index contributed by atoms with van der Waals surface area (Å²) >= 11 is 0. The molecule has 0 aliphatic carbocycles. The molecular formula is C20H37N3O2. The lowest BCUT2D eigenvalue weighted by atomic mass is 9.93. The molecule has 0 aromatic heterocycles. The first-order chi connectivity index (χ1) is 12.1. The van der Waals surface area contributed by atoms with Crippen molar-refractivity contribution >= 4 is 11.8 Å². The minimum Gasteiger partial charge on any atom is -0.354 e. The molecule has 3 unspecified atom stereocenters. The molecule has 5 nitrogen and oxygen atoms in total. The van der Waals surface area contributed by atoms with Gasteiger partial charge in [-0.25, -0.2) is 0 Å². The summed E-state index contributed by atoms with van der Waals surface area (Å²) in [5, 5.41) is 6.33. The molecule has 0 aromatic carbocycles. The quantitative estimate of drug-likeness (QED) is 0.671. The van der Waals surface area contributed by atoms with Gasteiger partial charge in [0.1, 0.15) is 0 Å². The van der Waals surface area contributed by atoms with Crippen molar-refractivity contribution in [3.05, 3.63) is 0 Å². The van der Waals surface area contributed by atoms with Gasteiger partial charge in [0.2, 0.25) is 11.8 Å². The Labute approximate surface area is 153 Å². The molecule has 25 heavy (non-hydrogen) atoms. The topological polar surface area (TPSA) is 61.4 Å². The second-order valence-electron chi connectivity index (χ2n) is 7.86. The Kier molecular flexibility index (Phi) is 8.73. The van der Waals surface area contributed by atoms with Crippen molar-refractivity contribution in [1.82, 2.24) is 15.5 Å². The molecule has 0 aromatic rings. The number of hydrogen-bond donors (Lipinski definition) is 2. The molecule has 2 N–H and O–H groups in total. The first kappa shape index (κ1) is 20.2. The van der Waals surface area contributed by atoms with Crippen LogP contribution >= 0.6 is 0 Å². The number of rotatable bonds is 9. The van der Waals surface area contributed by atoms with E-state index in [-0.39, 0.29) is 11.9 Å². The van der Waals surface area contributed by atoms with E-state index in [0.29, 0.717) is 30.7 Å². The first-order valence-electron chi connectivity index (χ1n) is 10.4. The number of hydrogen-bond acceptors (Lipinski definition) is 3. The van der Waals surface area contributed by atoms with Crippen molar-refractivity contribution in [1.29, 1.82) is 0 Å². The lowest BCUT2D eigenvalue weighted by Crippen LogP contribution is -2.47. The fourth-order valence-corrected chi connectivity index (χ4v) is 4.05. The van der Waals surface area contributed by atoms with Gasteiger partial charge in [0, 0.05) is 26.1 Å². The van der Waals surface area contributed by atoms with E-state index in [9.17, 15) is 9.59 Å². The summed E-state index contributed by atoms with van der Waals surface area (Å²) in [5.74, 6) is 1.38. The van der Waals surface area contributed by atoms with Crippen molar-refractivity contribution in [3.63, 3.8) is 0 Å². The highest BCUT2D eigenvalue weighted by Gasteiger charge is 2.27. The summed E-state index contributed by atoms with van der Waals surface area (Å²) in [6, 6.07) is -0.00907. The molecule has 3 atom stereocenters. The normalized spacial score (nSPS) is 25.0. The standard InChI is InChI=1S/C20H37N3O2/c1-3-5-8-16(4-2)13-19(24)23-12-7-9-17(15-23)14-22-20(25)18-10-6-11-21-18/h16-18,21H,3-15H2,1-2H3,(H,22,25). The fourth-order valence-electron chi connectivity index (χ4n) is 4.05. The molecule has 2 saturated heterocycles. The molecule has 2 fully saturated rings. The summed E-state index contributed by atoms with van der Waals surface area (Å²) in [5.41, 5.74) is 0. The number of nitrogens with zero attached hydrogens (tertiary/aromatic N) is 1. The third kappa shape index (κ3) is 6.61. The highest BCUT2D eigenvalue weighted by Crippen LogP contribution is 2.21. The van der Waals surface area contributed by atoms with Crippen molar-refractivity contribution in [2.45, 2.75) is 77.7 Å². The zero-order chi connectivity index (χ0) is 18.1. The van der Waals surface area contributed by atoms with E-state index in [1.54, 1.807) is 0 Å². The Morgan fingerprint density at radius 3 is 2.76 bits per heavy atom. The largest absolute Gasteiger partial charge is 0.354 e. The lowest BCUT2D eigenvalue weighted by molar-refractivity contribution is -0.134. The summed E-state index contributed by atoms with van der Waals surface area (Å²) < 4.78 is 0. The highest BCUT2D eigenvalue weighted by atomic mass is 16.2. The van der Waals surface area contributed by atoms with Gasteiger partial charge >= 0.3 is 0 Å². The molecule has 144 valence electrons. The molecule has 0 bridgehead atoms. The predicted molar refractivity (Wildman–Crippen MR) is 101 cm³/mol. The smallest absolute Gasteiger partial charge is 0.237 e. The Hall–Kier alpha value is -1.10. The van der Waals surface area contributed by atoms with E-state index in [2.05, 4.69) is 24.5 Å². The van der Waals surface area contributed by atoms with E-state index < -0.39 is 0 Å². The van der Waals surface area contributed by atoms with Crippen LogP contribution in [0.15, 0.2) is 0 Å². The SMILES string of the molecule is CCCCC(CC)CC(=O)N1CCCC(CNC(=O)C2CCCN2)C1. The molecule has 0 radical (unpaired) electrons. The summed E-state index contributed by atoms with van der Waals surface area (Å²) in [4.78, 5) is 26.8. The number of carbonyl (C=O) groups excluding carboxylic acids is 2. The van der Waals surface area contributed by atoms with Crippen LogP contribution in [0.3, 0.4) is 0 Å². The van der Waals surface area contributed by atoms with Gasteiger partial charge in [0.15, 0.2) is 0 Å². The van der Waals surface area contributed by atoms with Crippen LogP contribution in [-0.4, -0.2) is 48.9 Å². The monoisotopic (exact) mass is 351 g/mol. The fraction of sp³-hybridized carbons (Fsp3) is 0.900. The third-order valence-corrected chi connectivity index (χ3v) is 5.82. The molecular weight excluding hydrogens is 314 g/mol. The summed E-state index contributed by atoms with van der Waals surface area (Å²) in [7, 11) is 0. The molecule has 2 aliphatic rings. The van der Waals surface area contributed by atoms with Gasteiger partial charge in [-0.15, -0.1) is 0 Å². The minimum atomic E-state index is -0.00907. The van der Waals surface area contributed by atoms with E-state index in [1.807, 2.05) is 4.90 Å². The number of amides is 2. The van der Waals surface area contributed by atoms with Crippen LogP contribution in [0.5, 0.6) is 0 Å². The van der Waals surface area contributed by atoms with Crippen molar-refractivity contribution in [2.24, 2.45) is 11.8 Å². The zero-order valence-corrected chi connectivity index (χ0v) is 16.2. The number of nitrogens with one attached hydrogen (secondary N) is 2. The first-order valence-corrected chi connectivity index (χ1v) is 10.4. The summed E-state index contributed by atoms with van der Waals surface area (Å²) in [6.07, 6.45) is 9.56. The van der Waals surface area contributed by atoms with Gasteiger partial charge in [-0.2, -0.15) is 0 Å². The second kappa shape index (κ2) is 10.8. The maximum Gasteiger partial charge on any atom is 0.237 e. The number of carbonyl (C=O) groups is 2. The van der Waals surface area contributed by atoms with E-state index >= 15 is 0 Å². The predicted octanol–water partition coefficient (Wildman–Crippen LogP) is 2.70. The maximum absolute atomic E-state index is 12.7. The third-order valence-electron chi connectivity index (χ3n) is 5.82. The van der Waals surface area contributed by atoms with Crippen LogP contribution in [-0.2, 0) is 9.59 Å². The lowest BCUT2D eigenvalue weighted by Gasteiger charge is -2.34. The van der Waals surface area contributed by atoms with Gasteiger partial charge < -0.3 is 15.5 Å². The molecule has 0 spiro atoms.